The molecular weight excluding hydrogens is 320 g/mol. The van der Waals surface area contributed by atoms with Crippen LogP contribution in [0.4, 0.5) is 11.4 Å². The summed E-state index contributed by atoms with van der Waals surface area (Å²) in [5.41, 5.74) is 2.40. The third-order valence-corrected chi connectivity index (χ3v) is 5.32. The van der Waals surface area contributed by atoms with Gasteiger partial charge in [-0.2, -0.15) is 0 Å². The summed E-state index contributed by atoms with van der Waals surface area (Å²) in [6.07, 6.45) is 6.52. The zero-order valence-corrected chi connectivity index (χ0v) is 13.0. The molecule has 0 radical (unpaired) electrons. The number of benzene rings is 1. The largest absolute Gasteiger partial charge is 0.368 e. The maximum atomic E-state index is 10.9. The average Bonchev–Trinajstić information content (AvgIpc) is 2.94. The van der Waals surface area contributed by atoms with E-state index in [9.17, 15) is 10.1 Å². The van der Waals surface area contributed by atoms with E-state index < -0.39 is 0 Å². The number of anilines is 1. The third-order valence-electron chi connectivity index (χ3n) is 4.72. The SMILES string of the molecule is O=[N+]([O-])c1ccc(N2CCCC3CCCC32)c(CBr)c1. The predicted molar refractivity (Wildman–Crippen MR) is 83.4 cm³/mol. The number of non-ortho nitro benzene ring substituents is 1. The van der Waals surface area contributed by atoms with Crippen LogP contribution in [0.15, 0.2) is 18.2 Å². The maximum absolute atomic E-state index is 10.9. The van der Waals surface area contributed by atoms with Crippen LogP contribution in [-0.2, 0) is 5.33 Å². The minimum atomic E-state index is -0.315. The Bertz CT molecular complexity index is 521. The van der Waals surface area contributed by atoms with Crippen molar-refractivity contribution in [3.8, 4) is 0 Å². The van der Waals surface area contributed by atoms with Crippen LogP contribution in [0.25, 0.3) is 0 Å². The van der Waals surface area contributed by atoms with Gasteiger partial charge < -0.3 is 4.90 Å². The average molecular weight is 339 g/mol. The van der Waals surface area contributed by atoms with Crippen molar-refractivity contribution in [2.45, 2.75) is 43.5 Å². The van der Waals surface area contributed by atoms with Crippen molar-refractivity contribution < 1.29 is 4.92 Å². The first-order chi connectivity index (χ1) is 9.70. The van der Waals surface area contributed by atoms with Crippen molar-refractivity contribution in [1.29, 1.82) is 0 Å². The standard InChI is InChI=1S/C15H19BrN2O2/c16-10-12-9-13(18(19)20)6-7-15(12)17-8-2-4-11-3-1-5-14(11)17/h6-7,9,11,14H,1-5,8,10H2. The first kappa shape index (κ1) is 13.9. The monoisotopic (exact) mass is 338 g/mol. The van der Waals surface area contributed by atoms with Crippen LogP contribution in [0.5, 0.6) is 0 Å². The topological polar surface area (TPSA) is 46.4 Å². The third kappa shape index (κ3) is 2.43. The summed E-state index contributed by atoms with van der Waals surface area (Å²) in [4.78, 5) is 13.1. The molecule has 1 aliphatic heterocycles. The van der Waals surface area contributed by atoms with E-state index in [-0.39, 0.29) is 10.6 Å². The van der Waals surface area contributed by atoms with Crippen molar-refractivity contribution in [3.05, 3.63) is 33.9 Å². The number of halogens is 1. The van der Waals surface area contributed by atoms with E-state index in [2.05, 4.69) is 20.8 Å². The molecule has 1 aromatic carbocycles. The molecule has 2 atom stereocenters. The Morgan fingerprint density at radius 1 is 1.30 bits per heavy atom. The number of nitrogens with zero attached hydrogens (tertiary/aromatic N) is 2. The van der Waals surface area contributed by atoms with Crippen molar-refractivity contribution >= 4 is 27.3 Å². The fraction of sp³-hybridized carbons (Fsp3) is 0.600. The van der Waals surface area contributed by atoms with Crippen molar-refractivity contribution in [3.63, 3.8) is 0 Å². The van der Waals surface area contributed by atoms with Gasteiger partial charge in [-0.3, -0.25) is 10.1 Å². The molecule has 1 aliphatic carbocycles. The second kappa shape index (κ2) is 5.72. The van der Waals surface area contributed by atoms with Crippen LogP contribution in [0, 0.1) is 16.0 Å². The zero-order chi connectivity index (χ0) is 14.1. The van der Waals surface area contributed by atoms with Crippen LogP contribution < -0.4 is 4.90 Å². The second-order valence-electron chi connectivity index (χ2n) is 5.80. The molecule has 1 saturated heterocycles. The van der Waals surface area contributed by atoms with Gasteiger partial charge in [-0.05, 0) is 43.2 Å². The molecule has 1 heterocycles. The van der Waals surface area contributed by atoms with Gasteiger partial charge in [0.15, 0.2) is 0 Å². The highest BCUT2D eigenvalue weighted by Gasteiger charge is 2.35. The predicted octanol–water partition coefficient (Wildman–Crippen LogP) is 4.26. The van der Waals surface area contributed by atoms with Gasteiger partial charge in [-0.15, -0.1) is 0 Å². The molecule has 2 fully saturated rings. The number of hydrogen-bond acceptors (Lipinski definition) is 3. The van der Waals surface area contributed by atoms with Crippen molar-refractivity contribution in [2.75, 3.05) is 11.4 Å². The molecule has 20 heavy (non-hydrogen) atoms. The van der Waals surface area contributed by atoms with E-state index in [0.717, 1.165) is 18.0 Å². The number of rotatable bonds is 3. The summed E-state index contributed by atoms with van der Waals surface area (Å²) in [6, 6.07) is 5.93. The van der Waals surface area contributed by atoms with Crippen LogP contribution in [0.2, 0.25) is 0 Å². The van der Waals surface area contributed by atoms with Gasteiger partial charge in [0.1, 0.15) is 0 Å². The first-order valence-corrected chi connectivity index (χ1v) is 8.43. The molecule has 3 rings (SSSR count). The van der Waals surface area contributed by atoms with Gasteiger partial charge in [0.25, 0.3) is 5.69 Å². The minimum Gasteiger partial charge on any atom is -0.368 e. The lowest BCUT2D eigenvalue weighted by Crippen LogP contribution is -2.43. The quantitative estimate of drug-likeness (QED) is 0.470. The Labute approximate surface area is 127 Å². The van der Waals surface area contributed by atoms with E-state index >= 15 is 0 Å². The van der Waals surface area contributed by atoms with Crippen LogP contribution in [0.3, 0.4) is 0 Å². The first-order valence-electron chi connectivity index (χ1n) is 7.30. The van der Waals surface area contributed by atoms with Crippen molar-refractivity contribution in [1.82, 2.24) is 0 Å². The number of fused-ring (bicyclic) bond motifs is 1. The number of alkyl halides is 1. The molecule has 2 aliphatic rings. The van der Waals surface area contributed by atoms with Gasteiger partial charge in [0, 0.05) is 35.7 Å². The Kier molecular flexibility index (Phi) is 3.96. The van der Waals surface area contributed by atoms with Gasteiger partial charge in [0.05, 0.1) is 4.92 Å². The highest BCUT2D eigenvalue weighted by molar-refractivity contribution is 9.08. The highest BCUT2D eigenvalue weighted by Crippen LogP contribution is 2.41. The number of piperidine rings is 1. The molecule has 2 unspecified atom stereocenters. The summed E-state index contributed by atoms with van der Waals surface area (Å²) in [6.45, 7) is 1.08. The van der Waals surface area contributed by atoms with Gasteiger partial charge in [-0.1, -0.05) is 22.4 Å². The molecule has 0 N–H and O–H groups in total. The van der Waals surface area contributed by atoms with E-state index in [4.69, 9.17) is 0 Å². The lowest BCUT2D eigenvalue weighted by atomic mass is 9.91. The lowest BCUT2D eigenvalue weighted by Gasteiger charge is -2.40. The Morgan fingerprint density at radius 3 is 2.85 bits per heavy atom. The molecule has 0 aromatic heterocycles. The molecule has 108 valence electrons. The second-order valence-corrected chi connectivity index (χ2v) is 6.36. The van der Waals surface area contributed by atoms with Gasteiger partial charge in [0.2, 0.25) is 0 Å². The Hall–Kier alpha value is -1.10. The van der Waals surface area contributed by atoms with E-state index in [0.29, 0.717) is 11.4 Å². The fourth-order valence-electron chi connectivity index (χ4n) is 3.83. The normalized spacial score (nSPS) is 25.6. The van der Waals surface area contributed by atoms with E-state index in [1.165, 1.54) is 37.8 Å². The zero-order valence-electron chi connectivity index (χ0n) is 11.4. The summed E-state index contributed by atoms with van der Waals surface area (Å²) in [7, 11) is 0. The Morgan fingerprint density at radius 2 is 2.10 bits per heavy atom. The van der Waals surface area contributed by atoms with E-state index in [1.54, 1.807) is 12.1 Å². The lowest BCUT2D eigenvalue weighted by molar-refractivity contribution is -0.384. The number of hydrogen-bond donors (Lipinski definition) is 0. The summed E-state index contributed by atoms with van der Waals surface area (Å²) in [5.74, 6) is 0.821. The summed E-state index contributed by atoms with van der Waals surface area (Å²) in [5, 5.41) is 11.6. The van der Waals surface area contributed by atoms with Gasteiger partial charge >= 0.3 is 0 Å². The van der Waals surface area contributed by atoms with Crippen molar-refractivity contribution in [2.24, 2.45) is 5.92 Å². The molecule has 0 amide bonds. The molecule has 4 nitrogen and oxygen atoms in total. The van der Waals surface area contributed by atoms with Gasteiger partial charge in [-0.25, -0.2) is 0 Å². The van der Waals surface area contributed by atoms with Crippen LogP contribution in [-0.4, -0.2) is 17.5 Å². The van der Waals surface area contributed by atoms with Crippen LogP contribution >= 0.6 is 15.9 Å². The maximum Gasteiger partial charge on any atom is 0.269 e. The summed E-state index contributed by atoms with van der Waals surface area (Å²) < 4.78 is 0. The minimum absolute atomic E-state index is 0.184. The fourth-order valence-corrected chi connectivity index (χ4v) is 4.27. The highest BCUT2D eigenvalue weighted by atomic mass is 79.9. The molecule has 0 spiro atoms. The molecule has 1 aromatic rings. The smallest absolute Gasteiger partial charge is 0.269 e. The molecule has 1 saturated carbocycles. The molecule has 0 bridgehead atoms. The summed E-state index contributed by atoms with van der Waals surface area (Å²) >= 11 is 3.48. The Balaban J connectivity index is 1.94. The van der Waals surface area contributed by atoms with E-state index in [1.807, 2.05) is 6.07 Å². The molecular formula is C15H19BrN2O2. The van der Waals surface area contributed by atoms with Crippen LogP contribution in [0.1, 0.15) is 37.7 Å². The molecule has 5 heteroatoms. The number of nitro benzene ring substituents is 1. The number of nitro groups is 1.